The van der Waals surface area contributed by atoms with Gasteiger partial charge in [-0.15, -0.1) is 0 Å². The lowest BCUT2D eigenvalue weighted by Gasteiger charge is -2.37. The average Bonchev–Trinajstić information content (AvgIpc) is 2.68. The fourth-order valence-corrected chi connectivity index (χ4v) is 3.89. The Labute approximate surface area is 154 Å². The van der Waals surface area contributed by atoms with Gasteiger partial charge >= 0.3 is 0 Å². The van der Waals surface area contributed by atoms with Gasteiger partial charge in [-0.2, -0.15) is 0 Å². The van der Waals surface area contributed by atoms with E-state index in [0.29, 0.717) is 18.7 Å². The highest BCUT2D eigenvalue weighted by molar-refractivity contribution is 5.92. The maximum atomic E-state index is 12.3. The predicted octanol–water partition coefficient (Wildman–Crippen LogP) is 2.49. The fourth-order valence-electron chi connectivity index (χ4n) is 3.89. The number of nitrogens with one attached hydrogen (secondary N) is 1. The van der Waals surface area contributed by atoms with Crippen molar-refractivity contribution in [3.63, 3.8) is 0 Å². The zero-order chi connectivity index (χ0) is 18.5. The van der Waals surface area contributed by atoms with Gasteiger partial charge in [0, 0.05) is 18.2 Å². The fraction of sp³-hybridized carbons (Fsp3) is 0.600. The van der Waals surface area contributed by atoms with Crippen molar-refractivity contribution in [3.8, 4) is 0 Å². The van der Waals surface area contributed by atoms with E-state index in [-0.39, 0.29) is 30.4 Å². The molecule has 1 aliphatic heterocycles. The average molecular weight is 360 g/mol. The van der Waals surface area contributed by atoms with Crippen LogP contribution in [0.5, 0.6) is 0 Å². The number of aliphatic hydroxyl groups excluding tert-OH is 1. The van der Waals surface area contributed by atoms with Gasteiger partial charge in [-0.1, -0.05) is 31.4 Å². The molecule has 2 N–H and O–H groups in total. The minimum atomic E-state index is -0.817. The molecule has 3 rings (SSSR count). The lowest BCUT2D eigenvalue weighted by Crippen LogP contribution is -2.51. The molecule has 0 radical (unpaired) electrons. The van der Waals surface area contributed by atoms with Crippen molar-refractivity contribution >= 4 is 17.5 Å². The van der Waals surface area contributed by atoms with Gasteiger partial charge < -0.3 is 20.1 Å². The lowest BCUT2D eigenvalue weighted by atomic mass is 9.88. The maximum Gasteiger partial charge on any atom is 0.248 e. The molecule has 0 bridgehead atoms. The largest absolute Gasteiger partial charge is 0.386 e. The number of morpholine rings is 1. The summed E-state index contributed by atoms with van der Waals surface area (Å²) in [6.07, 6.45) is 4.58. The second-order valence-corrected chi connectivity index (χ2v) is 7.15. The number of aliphatic hydroxyl groups is 1. The molecule has 1 saturated heterocycles. The third-order valence-electron chi connectivity index (χ3n) is 5.44. The van der Waals surface area contributed by atoms with E-state index < -0.39 is 6.10 Å². The molecule has 1 saturated carbocycles. The summed E-state index contributed by atoms with van der Waals surface area (Å²) in [4.78, 5) is 25.9. The number of nitrogens with zero attached hydrogens (tertiary/aromatic N) is 1. The molecule has 26 heavy (non-hydrogen) atoms. The highest BCUT2D eigenvalue weighted by Gasteiger charge is 2.33. The topological polar surface area (TPSA) is 78.9 Å². The molecule has 2 unspecified atom stereocenters. The molecule has 2 fully saturated rings. The van der Waals surface area contributed by atoms with Crippen molar-refractivity contribution in [2.75, 3.05) is 25.1 Å². The summed E-state index contributed by atoms with van der Waals surface area (Å²) in [5, 5.41) is 13.7. The maximum absolute atomic E-state index is 12.3. The van der Waals surface area contributed by atoms with Gasteiger partial charge in [-0.3, -0.25) is 9.59 Å². The molecule has 142 valence electrons. The Morgan fingerprint density at radius 3 is 2.62 bits per heavy atom. The molecule has 2 aliphatic rings. The summed E-state index contributed by atoms with van der Waals surface area (Å²) in [6.45, 7) is 2.83. The van der Waals surface area contributed by atoms with E-state index in [4.69, 9.17) is 4.74 Å². The number of rotatable bonds is 5. The van der Waals surface area contributed by atoms with Crippen LogP contribution in [0.3, 0.4) is 0 Å². The Hall–Kier alpha value is -1.92. The minimum Gasteiger partial charge on any atom is -0.386 e. The zero-order valence-corrected chi connectivity index (χ0v) is 15.3. The van der Waals surface area contributed by atoms with Crippen molar-refractivity contribution < 1.29 is 19.4 Å². The normalized spacial score (nSPS) is 22.9. The second-order valence-electron chi connectivity index (χ2n) is 7.15. The van der Waals surface area contributed by atoms with E-state index in [2.05, 4.69) is 5.32 Å². The highest BCUT2D eigenvalue weighted by atomic mass is 16.5. The first kappa shape index (κ1) is 18.9. The van der Waals surface area contributed by atoms with Crippen molar-refractivity contribution in [1.82, 2.24) is 4.90 Å². The molecule has 0 aromatic heterocycles. The van der Waals surface area contributed by atoms with Gasteiger partial charge in [-0.05, 0) is 37.5 Å². The van der Waals surface area contributed by atoms with Crippen LogP contribution in [0, 0.1) is 5.92 Å². The van der Waals surface area contributed by atoms with Crippen LogP contribution in [0.15, 0.2) is 24.3 Å². The summed E-state index contributed by atoms with van der Waals surface area (Å²) in [5.41, 5.74) is 1.45. The van der Waals surface area contributed by atoms with Crippen LogP contribution in [0.1, 0.15) is 50.7 Å². The standard InChI is InChI=1S/C20H28N2O4/c1-2-22-17(12-26-13-18(22)23)19(24)14-8-10-16(11-9-14)21-20(25)15-6-4-3-5-7-15/h8-11,15,17,19,24H,2-7,12-13H2,1H3,(H,21,25). The van der Waals surface area contributed by atoms with Gasteiger partial charge in [0.05, 0.1) is 12.6 Å². The molecule has 6 heteroatoms. The molecule has 1 aromatic rings. The number of hydrogen-bond donors (Lipinski definition) is 2. The van der Waals surface area contributed by atoms with Crippen LogP contribution in [-0.4, -0.2) is 47.6 Å². The number of carbonyl (C=O) groups excluding carboxylic acids is 2. The first-order valence-electron chi connectivity index (χ1n) is 9.56. The summed E-state index contributed by atoms with van der Waals surface area (Å²) >= 11 is 0. The van der Waals surface area contributed by atoms with E-state index in [0.717, 1.165) is 31.4 Å². The lowest BCUT2D eigenvalue weighted by molar-refractivity contribution is -0.153. The molecule has 6 nitrogen and oxygen atoms in total. The van der Waals surface area contributed by atoms with Crippen molar-refractivity contribution in [2.24, 2.45) is 5.92 Å². The number of amides is 2. The zero-order valence-electron chi connectivity index (χ0n) is 15.3. The van der Waals surface area contributed by atoms with E-state index in [1.54, 1.807) is 29.2 Å². The van der Waals surface area contributed by atoms with E-state index >= 15 is 0 Å². The number of carbonyl (C=O) groups is 2. The summed E-state index contributed by atoms with van der Waals surface area (Å²) in [7, 11) is 0. The van der Waals surface area contributed by atoms with E-state index in [1.807, 2.05) is 6.92 Å². The number of anilines is 1. The van der Waals surface area contributed by atoms with Crippen LogP contribution >= 0.6 is 0 Å². The van der Waals surface area contributed by atoms with E-state index in [9.17, 15) is 14.7 Å². The molecule has 1 aliphatic carbocycles. The van der Waals surface area contributed by atoms with Crippen LogP contribution in [0.4, 0.5) is 5.69 Å². The number of likely N-dealkylation sites (N-methyl/N-ethyl adjacent to an activating group) is 1. The summed E-state index contributed by atoms with van der Waals surface area (Å²) in [6, 6.07) is 6.83. The van der Waals surface area contributed by atoms with Crippen LogP contribution in [0.25, 0.3) is 0 Å². The van der Waals surface area contributed by atoms with Gasteiger partial charge in [0.1, 0.15) is 12.7 Å². The second kappa shape index (κ2) is 8.64. The Kier molecular flexibility index (Phi) is 6.27. The Morgan fingerprint density at radius 1 is 1.27 bits per heavy atom. The smallest absolute Gasteiger partial charge is 0.248 e. The Balaban J connectivity index is 1.63. The molecular weight excluding hydrogens is 332 g/mol. The molecule has 1 heterocycles. The van der Waals surface area contributed by atoms with Crippen LogP contribution in [-0.2, 0) is 14.3 Å². The number of benzene rings is 1. The van der Waals surface area contributed by atoms with Gasteiger partial charge in [-0.25, -0.2) is 0 Å². The van der Waals surface area contributed by atoms with Crippen molar-refractivity contribution in [1.29, 1.82) is 0 Å². The summed E-state index contributed by atoms with van der Waals surface area (Å²) in [5.74, 6) is 0.0955. The monoisotopic (exact) mass is 360 g/mol. The predicted molar refractivity (Wildman–Crippen MR) is 98.6 cm³/mol. The quantitative estimate of drug-likeness (QED) is 0.846. The minimum absolute atomic E-state index is 0.0726. The Bertz CT molecular complexity index is 625. The SMILES string of the molecule is CCN1C(=O)COCC1C(O)c1ccc(NC(=O)C2CCCCC2)cc1. The first-order valence-corrected chi connectivity index (χ1v) is 9.56. The molecule has 0 spiro atoms. The highest BCUT2D eigenvalue weighted by Crippen LogP contribution is 2.27. The van der Waals surface area contributed by atoms with Crippen molar-refractivity contribution in [3.05, 3.63) is 29.8 Å². The molecule has 2 atom stereocenters. The van der Waals surface area contributed by atoms with Gasteiger partial charge in [0.25, 0.3) is 0 Å². The molecule has 1 aromatic carbocycles. The summed E-state index contributed by atoms with van der Waals surface area (Å²) < 4.78 is 5.30. The first-order chi connectivity index (χ1) is 12.6. The van der Waals surface area contributed by atoms with Crippen LogP contribution < -0.4 is 5.32 Å². The van der Waals surface area contributed by atoms with Gasteiger partial charge in [0.15, 0.2) is 0 Å². The van der Waals surface area contributed by atoms with E-state index in [1.165, 1.54) is 6.42 Å². The van der Waals surface area contributed by atoms with Crippen molar-refractivity contribution in [2.45, 2.75) is 51.2 Å². The number of hydrogen-bond acceptors (Lipinski definition) is 4. The molecule has 2 amide bonds. The Morgan fingerprint density at radius 2 is 1.96 bits per heavy atom. The number of ether oxygens (including phenoxy) is 1. The van der Waals surface area contributed by atoms with Crippen LogP contribution in [0.2, 0.25) is 0 Å². The third-order valence-corrected chi connectivity index (χ3v) is 5.44. The van der Waals surface area contributed by atoms with Gasteiger partial charge in [0.2, 0.25) is 11.8 Å². The molecular formula is C20H28N2O4. The third kappa shape index (κ3) is 4.24.